The SMILES string of the molecule is CC=C([O-])OC(C)(C)C.[Br-].[Zn+2]. The number of hydrogen-bond donors (Lipinski definition) is 0. The minimum atomic E-state index is -0.358. The van der Waals surface area contributed by atoms with Crippen molar-refractivity contribution in [1.82, 2.24) is 0 Å². The van der Waals surface area contributed by atoms with Crippen LogP contribution in [0.5, 0.6) is 0 Å². The molecule has 0 amide bonds. The van der Waals surface area contributed by atoms with E-state index in [1.165, 1.54) is 6.08 Å². The maximum absolute atomic E-state index is 10.5. The number of allylic oxidation sites excluding steroid dienone is 1. The molecule has 0 unspecified atom stereocenters. The van der Waals surface area contributed by atoms with E-state index in [0.717, 1.165) is 0 Å². The molecule has 62 valence electrons. The third-order valence-electron chi connectivity index (χ3n) is 0.642. The number of hydrogen-bond acceptors (Lipinski definition) is 2. The van der Waals surface area contributed by atoms with Crippen LogP contribution in [0.25, 0.3) is 0 Å². The molecule has 0 rings (SSSR count). The Morgan fingerprint density at radius 2 is 1.73 bits per heavy atom. The van der Waals surface area contributed by atoms with Crippen molar-refractivity contribution in [3.63, 3.8) is 0 Å². The van der Waals surface area contributed by atoms with Crippen LogP contribution in [0, 0.1) is 0 Å². The first-order valence-electron chi connectivity index (χ1n) is 2.98. The zero-order valence-corrected chi connectivity index (χ0v) is 12.0. The average molecular weight is 274 g/mol. The summed E-state index contributed by atoms with van der Waals surface area (Å²) < 4.78 is 4.89. The molecular weight excluding hydrogens is 261 g/mol. The van der Waals surface area contributed by atoms with Crippen molar-refractivity contribution < 1.29 is 46.3 Å². The molecular formula is C7H13BrO2Zn. The summed E-state index contributed by atoms with van der Waals surface area (Å²) in [5, 5.41) is 10.5. The fourth-order valence-corrected chi connectivity index (χ4v) is 0.361. The number of halogens is 1. The van der Waals surface area contributed by atoms with Crippen LogP contribution in [0.3, 0.4) is 0 Å². The van der Waals surface area contributed by atoms with E-state index in [9.17, 15) is 5.11 Å². The van der Waals surface area contributed by atoms with E-state index in [-0.39, 0.29) is 48.0 Å². The van der Waals surface area contributed by atoms with Crippen LogP contribution < -0.4 is 22.1 Å². The average Bonchev–Trinajstić information content (AvgIpc) is 1.62. The van der Waals surface area contributed by atoms with E-state index in [0.29, 0.717) is 0 Å². The van der Waals surface area contributed by atoms with Crippen molar-refractivity contribution in [3.8, 4) is 0 Å². The summed E-state index contributed by atoms with van der Waals surface area (Å²) in [7, 11) is 0. The van der Waals surface area contributed by atoms with Gasteiger partial charge >= 0.3 is 19.5 Å². The van der Waals surface area contributed by atoms with Gasteiger partial charge in [-0.3, -0.25) is 0 Å². The van der Waals surface area contributed by atoms with E-state index >= 15 is 0 Å². The molecule has 0 radical (unpaired) electrons. The second kappa shape index (κ2) is 7.11. The summed E-state index contributed by atoms with van der Waals surface area (Å²) in [5.41, 5.74) is -0.358. The van der Waals surface area contributed by atoms with E-state index < -0.39 is 0 Å². The van der Waals surface area contributed by atoms with Crippen molar-refractivity contribution in [2.24, 2.45) is 0 Å². The summed E-state index contributed by atoms with van der Waals surface area (Å²) in [6.07, 6.45) is 1.41. The van der Waals surface area contributed by atoms with Gasteiger partial charge < -0.3 is 26.8 Å². The van der Waals surface area contributed by atoms with Crippen molar-refractivity contribution >= 4 is 0 Å². The van der Waals surface area contributed by atoms with Gasteiger partial charge in [0.05, 0.1) is 0 Å². The summed E-state index contributed by atoms with van der Waals surface area (Å²) in [4.78, 5) is 0. The van der Waals surface area contributed by atoms with E-state index in [4.69, 9.17) is 4.74 Å². The van der Waals surface area contributed by atoms with Gasteiger partial charge in [-0.25, -0.2) is 0 Å². The molecule has 0 fully saturated rings. The summed E-state index contributed by atoms with van der Waals surface area (Å²) in [6, 6.07) is 0. The van der Waals surface area contributed by atoms with Crippen LogP contribution >= 0.6 is 0 Å². The zero-order valence-electron chi connectivity index (χ0n) is 7.48. The second-order valence-electron chi connectivity index (χ2n) is 2.82. The van der Waals surface area contributed by atoms with E-state index in [1.807, 2.05) is 20.8 Å². The third kappa shape index (κ3) is 13.4. The van der Waals surface area contributed by atoms with Crippen LogP contribution in [-0.4, -0.2) is 5.60 Å². The van der Waals surface area contributed by atoms with Crippen LogP contribution in [0.15, 0.2) is 12.0 Å². The first-order chi connectivity index (χ1) is 3.95. The quantitative estimate of drug-likeness (QED) is 0.410. The van der Waals surface area contributed by atoms with Gasteiger partial charge in [0, 0.05) is 11.5 Å². The smallest absolute Gasteiger partial charge is 1.00 e. The molecule has 0 aliphatic heterocycles. The Labute approximate surface area is 91.5 Å². The minimum Gasteiger partial charge on any atom is -1.00 e. The number of rotatable bonds is 1. The van der Waals surface area contributed by atoms with Gasteiger partial charge in [0.2, 0.25) is 0 Å². The zero-order chi connectivity index (χ0) is 7.49. The van der Waals surface area contributed by atoms with Crippen LogP contribution in [0.1, 0.15) is 27.7 Å². The van der Waals surface area contributed by atoms with Gasteiger partial charge in [0.25, 0.3) is 0 Å². The van der Waals surface area contributed by atoms with E-state index in [2.05, 4.69) is 0 Å². The maximum Gasteiger partial charge on any atom is 2.00 e. The normalized spacial score (nSPS) is 11.1. The number of ether oxygens (including phenoxy) is 1. The Hall–Kier alpha value is 0.443. The molecule has 0 saturated heterocycles. The Bertz CT molecular complexity index is 118. The molecule has 0 spiro atoms. The molecule has 11 heavy (non-hydrogen) atoms. The Balaban J connectivity index is -0.000000320. The predicted molar refractivity (Wildman–Crippen MR) is 34.6 cm³/mol. The second-order valence-corrected chi connectivity index (χ2v) is 2.82. The van der Waals surface area contributed by atoms with Gasteiger partial charge in [0.1, 0.15) is 0 Å². The van der Waals surface area contributed by atoms with Gasteiger partial charge in [-0.1, -0.05) is 26.8 Å². The molecule has 0 aromatic heterocycles. The fraction of sp³-hybridized carbons (Fsp3) is 0.714. The first kappa shape index (κ1) is 17.5. The van der Waals surface area contributed by atoms with Gasteiger partial charge in [-0.15, -0.1) is 0 Å². The molecule has 0 heterocycles. The molecule has 0 aliphatic carbocycles. The fourth-order valence-electron chi connectivity index (χ4n) is 0.361. The Morgan fingerprint density at radius 3 is 1.82 bits per heavy atom. The standard InChI is InChI=1S/C7H14O2.BrH.Zn/c1-5-6(8)9-7(2,3)4;;/h5,8H,1-4H3;1H;/q;;+2/p-2. The van der Waals surface area contributed by atoms with Crippen molar-refractivity contribution in [3.05, 3.63) is 12.0 Å². The monoisotopic (exact) mass is 272 g/mol. The first-order valence-corrected chi connectivity index (χ1v) is 2.98. The van der Waals surface area contributed by atoms with Gasteiger partial charge in [-0.2, -0.15) is 0 Å². The van der Waals surface area contributed by atoms with Crippen molar-refractivity contribution in [2.75, 3.05) is 0 Å². The Morgan fingerprint density at radius 1 is 1.36 bits per heavy atom. The largest absolute Gasteiger partial charge is 2.00 e. The minimum absolute atomic E-state index is 0. The molecule has 0 N–H and O–H groups in total. The van der Waals surface area contributed by atoms with E-state index in [1.54, 1.807) is 6.92 Å². The molecule has 0 aromatic rings. The van der Waals surface area contributed by atoms with Crippen LogP contribution in [0.2, 0.25) is 0 Å². The maximum atomic E-state index is 10.5. The van der Waals surface area contributed by atoms with Gasteiger partial charge in [-0.05, 0) is 6.92 Å². The molecule has 0 aliphatic rings. The third-order valence-corrected chi connectivity index (χ3v) is 0.642. The summed E-state index contributed by atoms with van der Waals surface area (Å²) in [5.74, 6) is -0.262. The molecule has 2 nitrogen and oxygen atoms in total. The molecule has 4 heteroatoms. The van der Waals surface area contributed by atoms with Gasteiger partial charge in [0.15, 0.2) is 0 Å². The Kier molecular flexibility index (Phi) is 11.3. The van der Waals surface area contributed by atoms with Crippen molar-refractivity contribution in [2.45, 2.75) is 33.3 Å². The summed E-state index contributed by atoms with van der Waals surface area (Å²) in [6.45, 7) is 7.19. The molecule has 0 bridgehead atoms. The molecule has 0 saturated carbocycles. The topological polar surface area (TPSA) is 32.3 Å². The molecule has 0 aromatic carbocycles. The summed E-state index contributed by atoms with van der Waals surface area (Å²) >= 11 is 0. The van der Waals surface area contributed by atoms with Crippen LogP contribution in [0.4, 0.5) is 0 Å². The van der Waals surface area contributed by atoms with Crippen molar-refractivity contribution in [1.29, 1.82) is 0 Å². The predicted octanol–water partition coefficient (Wildman–Crippen LogP) is -1.98. The van der Waals surface area contributed by atoms with Crippen LogP contribution in [-0.2, 0) is 24.2 Å². The molecule has 0 atom stereocenters.